The summed E-state index contributed by atoms with van der Waals surface area (Å²) in [6.07, 6.45) is 0.324. The number of imide groups is 1. The number of ether oxygens (including phenoxy) is 1. The fourth-order valence-electron chi connectivity index (χ4n) is 3.86. The second-order valence-electron chi connectivity index (χ2n) is 7.13. The van der Waals surface area contributed by atoms with Crippen molar-refractivity contribution in [3.05, 3.63) is 72.5 Å². The van der Waals surface area contributed by atoms with E-state index in [2.05, 4.69) is 38.1 Å². The number of rotatable bonds is 5. The van der Waals surface area contributed by atoms with Crippen LogP contribution in [-0.2, 0) is 32.0 Å². The van der Waals surface area contributed by atoms with E-state index in [0.717, 1.165) is 33.4 Å². The molecule has 1 heterocycles. The molecule has 0 saturated carbocycles. The molecule has 31 heavy (non-hydrogen) atoms. The first-order valence-electron chi connectivity index (χ1n) is 9.56. The van der Waals surface area contributed by atoms with Crippen LogP contribution in [-0.4, -0.2) is 29.6 Å². The Kier molecular flexibility index (Phi) is 6.05. The second kappa shape index (κ2) is 8.47. The van der Waals surface area contributed by atoms with Crippen molar-refractivity contribution >= 4 is 18.0 Å². The second-order valence-corrected chi connectivity index (χ2v) is 7.13. The Labute approximate surface area is 169 Å². The molecule has 2 aromatic carbocycles. The molecule has 8 heteroatoms. The molecule has 2 amide bonds. The van der Waals surface area contributed by atoms with Crippen molar-refractivity contribution in [2.24, 2.45) is 0 Å². The Morgan fingerprint density at radius 2 is 1.39 bits per heavy atom. The molecule has 0 radical (unpaired) electrons. The fourth-order valence-corrected chi connectivity index (χ4v) is 3.86. The van der Waals surface area contributed by atoms with Gasteiger partial charge in [-0.2, -0.15) is 12.8 Å². The van der Waals surface area contributed by atoms with E-state index in [-0.39, 0.29) is 25.4 Å². The molecule has 1 saturated heterocycles. The van der Waals surface area contributed by atoms with Gasteiger partial charge in [-0.3, -0.25) is 14.4 Å². The zero-order valence-corrected chi connectivity index (χ0v) is 30.2. The molecule has 2 aromatic rings. The third-order valence-electron chi connectivity index (χ3n) is 5.39. The maximum Gasteiger partial charge on any atom is 0.533 e. The molecule has 0 aromatic heterocycles. The average Bonchev–Trinajstić information content (AvgIpc) is 3.22. The Bertz CT molecular complexity index is 938. The maximum atomic E-state index is 12.1. The van der Waals surface area contributed by atoms with Gasteiger partial charge in [-0.25, -0.2) is 4.79 Å². The molecule has 1 aliphatic carbocycles. The van der Waals surface area contributed by atoms with Crippen LogP contribution in [0.15, 0.2) is 36.4 Å². The largest absolute Gasteiger partial charge is 0.533 e. The van der Waals surface area contributed by atoms with Crippen LogP contribution in [0.2, 0.25) is 0 Å². The van der Waals surface area contributed by atoms with Crippen molar-refractivity contribution in [3.63, 3.8) is 0 Å². The summed E-state index contributed by atoms with van der Waals surface area (Å²) in [4.78, 5) is 40.1. The fraction of sp³-hybridized carbons (Fsp3) is 0.261. The van der Waals surface area contributed by atoms with Gasteiger partial charge in [0, 0.05) is 18.8 Å². The Balaban J connectivity index is 0.00000171. The monoisotopic (exact) mass is 925 g/mol. The van der Waals surface area contributed by atoms with E-state index in [1.165, 1.54) is 0 Å². The molecule has 0 unspecified atom stereocenters. The van der Waals surface area contributed by atoms with Crippen LogP contribution in [0.3, 0.4) is 0 Å². The number of benzene rings is 2. The van der Waals surface area contributed by atoms with Crippen LogP contribution in [0.5, 0.6) is 0 Å². The molecule has 0 bridgehead atoms. The zero-order chi connectivity index (χ0) is 20.5. The molecule has 0 N–H and O–H groups in total. The Hall–Kier alpha value is -5.15. The molecule has 4 rings (SSSR count). The van der Waals surface area contributed by atoms with Crippen LogP contribution < -0.4 is 0 Å². The summed E-state index contributed by atoms with van der Waals surface area (Å²) in [6, 6.07) is 12.4. The number of hydroxylamine groups is 2. The minimum atomic E-state index is -1.06. The topological polar surface area (TPSA) is 72.9 Å². The molecule has 2 aliphatic rings. The number of hydrogen-bond acceptors (Lipinski definition) is 5. The SMILES string of the molecule is [CH2-]Cc1ccc2c(c1)C(COC(=O)ON1C(=O)CCC1=O)c1cc(C[CH2-])ccc1-2.[Rf].[Rf]. The van der Waals surface area contributed by atoms with Gasteiger partial charge in [0.2, 0.25) is 0 Å². The number of fused-ring (bicyclic) bond motifs is 3. The van der Waals surface area contributed by atoms with Gasteiger partial charge in [0.25, 0.3) is 11.8 Å². The normalized spacial score (nSPS) is 14.5. The smallest absolute Gasteiger partial charge is 0.432 e. The van der Waals surface area contributed by atoms with Crippen molar-refractivity contribution in [3.8, 4) is 11.1 Å². The third kappa shape index (κ3) is 3.75. The van der Waals surface area contributed by atoms with Crippen LogP contribution in [0.4, 0.5) is 4.79 Å². The van der Waals surface area contributed by atoms with Crippen LogP contribution in [0.1, 0.15) is 41.0 Å². The summed E-state index contributed by atoms with van der Waals surface area (Å²) in [6.45, 7) is 7.93. The van der Waals surface area contributed by atoms with Crippen molar-refractivity contribution in [2.45, 2.75) is 31.6 Å². The standard InChI is InChI=1S/C23H21NO5.2Rf/c1-3-14-5-7-16-17-8-6-15(4-2)12-19(17)20(18(16)11-14)13-28-23(27)29-24-21(25)9-10-22(24)26;;/h5-8,11-12,20H,1-4,9-10,13H2;;/q-2;;. The van der Waals surface area contributed by atoms with Crippen LogP contribution in [0.25, 0.3) is 11.1 Å². The molecule has 0 atom stereocenters. The minimum Gasteiger partial charge on any atom is -0.432 e. The predicted octanol–water partition coefficient (Wildman–Crippen LogP) is 3.77. The first kappa shape index (κ1) is 22.1. The summed E-state index contributed by atoms with van der Waals surface area (Å²) in [5, 5.41) is 0.487. The number of amides is 2. The van der Waals surface area contributed by atoms with Gasteiger partial charge in [-0.05, 0) is 22.3 Å². The average molecular weight is 925 g/mol. The van der Waals surface area contributed by atoms with Crippen molar-refractivity contribution in [2.75, 3.05) is 6.61 Å². The summed E-state index contributed by atoms with van der Waals surface area (Å²) < 4.78 is 5.31. The van der Waals surface area contributed by atoms with Gasteiger partial charge in [0.1, 0.15) is 6.61 Å². The van der Waals surface area contributed by atoms with Crippen molar-refractivity contribution in [1.29, 1.82) is 0 Å². The quantitative estimate of drug-likeness (QED) is 0.260. The van der Waals surface area contributed by atoms with E-state index in [9.17, 15) is 14.4 Å². The zero-order valence-electron chi connectivity index (χ0n) is 17.4. The Morgan fingerprint density at radius 3 is 1.84 bits per heavy atom. The summed E-state index contributed by atoms with van der Waals surface area (Å²) in [5.74, 6) is -1.25. The van der Waals surface area contributed by atoms with Gasteiger partial charge in [-0.1, -0.05) is 52.6 Å². The van der Waals surface area contributed by atoms with E-state index in [1.807, 2.05) is 12.1 Å². The van der Waals surface area contributed by atoms with E-state index in [4.69, 9.17) is 9.57 Å². The molecule has 0 spiro atoms. The van der Waals surface area contributed by atoms with Crippen molar-refractivity contribution < 1.29 is 24.0 Å². The molecular weight excluding hydrogens is 904 g/mol. The minimum absolute atomic E-state index is 0. The summed E-state index contributed by atoms with van der Waals surface area (Å²) >= 11 is 0. The maximum absolute atomic E-state index is 12.1. The molecular formula is C23H21NO5Rf2-2. The van der Waals surface area contributed by atoms with Gasteiger partial charge in [0.15, 0.2) is 0 Å². The first-order chi connectivity index (χ1) is 14.0. The van der Waals surface area contributed by atoms with E-state index in [1.54, 1.807) is 0 Å². The van der Waals surface area contributed by atoms with Gasteiger partial charge >= 0.3 is 6.16 Å². The number of carbonyl (C=O) groups excluding carboxylic acids is 3. The summed E-state index contributed by atoms with van der Waals surface area (Å²) in [7, 11) is 0. The first-order valence-corrected chi connectivity index (χ1v) is 9.56. The molecule has 154 valence electrons. The van der Waals surface area contributed by atoms with Gasteiger partial charge < -0.3 is 18.6 Å². The van der Waals surface area contributed by atoms with Gasteiger partial charge in [-0.15, -0.1) is 0 Å². The number of hydrogen-bond donors (Lipinski definition) is 0. The number of carbonyl (C=O) groups is 3. The molecule has 6 nitrogen and oxygen atoms in total. The van der Waals surface area contributed by atoms with E-state index >= 15 is 0 Å². The van der Waals surface area contributed by atoms with Gasteiger partial charge in [0.05, 0.1) is 0 Å². The molecule has 1 fully saturated rings. The summed E-state index contributed by atoms with van der Waals surface area (Å²) in [5.41, 5.74) is 6.50. The van der Waals surface area contributed by atoms with Crippen LogP contribution in [0, 0.1) is 13.8 Å². The predicted molar refractivity (Wildman–Crippen MR) is 105 cm³/mol. The Morgan fingerprint density at radius 1 is 0.903 bits per heavy atom. The number of nitrogens with zero attached hydrogens (tertiary/aromatic N) is 1. The van der Waals surface area contributed by atoms with Crippen molar-refractivity contribution in [1.82, 2.24) is 5.06 Å². The van der Waals surface area contributed by atoms with Crippen LogP contribution >= 0.6 is 0 Å². The third-order valence-corrected chi connectivity index (χ3v) is 5.39. The van der Waals surface area contributed by atoms with E-state index < -0.39 is 18.0 Å². The molecule has 1 aliphatic heterocycles. The van der Waals surface area contributed by atoms with E-state index in [0.29, 0.717) is 17.9 Å².